The number of hydrogen-bond acceptors (Lipinski definition) is 4. The molecule has 0 unspecified atom stereocenters. The molecule has 0 aliphatic heterocycles. The lowest BCUT2D eigenvalue weighted by Gasteiger charge is -2.22. The van der Waals surface area contributed by atoms with Crippen LogP contribution in [0.25, 0.3) is 0 Å². The van der Waals surface area contributed by atoms with Crippen molar-refractivity contribution in [3.05, 3.63) is 0 Å². The van der Waals surface area contributed by atoms with E-state index in [-0.39, 0.29) is 24.9 Å². The summed E-state index contributed by atoms with van der Waals surface area (Å²) in [5.74, 6) is -0.150. The third-order valence-electron chi connectivity index (χ3n) is 2.53. The van der Waals surface area contributed by atoms with Crippen molar-refractivity contribution in [3.63, 3.8) is 0 Å². The van der Waals surface area contributed by atoms with Crippen LogP contribution in [0.15, 0.2) is 0 Å². The highest BCUT2D eigenvalue weighted by Gasteiger charge is 2.15. The molecule has 0 aliphatic carbocycles. The minimum Gasteiger partial charge on any atom is -0.355 e. The van der Waals surface area contributed by atoms with Gasteiger partial charge in [0.25, 0.3) is 0 Å². The molecule has 0 atom stereocenters. The Labute approximate surface area is 109 Å². The van der Waals surface area contributed by atoms with Gasteiger partial charge in [-0.1, -0.05) is 6.92 Å². The van der Waals surface area contributed by atoms with Gasteiger partial charge >= 0.3 is 0 Å². The molecule has 6 nitrogen and oxygen atoms in total. The van der Waals surface area contributed by atoms with Crippen molar-refractivity contribution in [2.45, 2.75) is 20.3 Å². The fourth-order valence-electron chi connectivity index (χ4n) is 1.39. The van der Waals surface area contributed by atoms with Crippen molar-refractivity contribution in [3.8, 4) is 6.07 Å². The first kappa shape index (κ1) is 16.4. The summed E-state index contributed by atoms with van der Waals surface area (Å²) < 4.78 is 0. The molecule has 0 aliphatic rings. The van der Waals surface area contributed by atoms with Gasteiger partial charge in [0, 0.05) is 20.1 Å². The van der Waals surface area contributed by atoms with Gasteiger partial charge in [-0.15, -0.1) is 0 Å². The smallest absolute Gasteiger partial charge is 0.236 e. The first-order valence-corrected chi connectivity index (χ1v) is 6.15. The van der Waals surface area contributed by atoms with E-state index in [1.54, 1.807) is 11.9 Å². The van der Waals surface area contributed by atoms with Crippen LogP contribution in [-0.4, -0.2) is 61.4 Å². The molecule has 0 spiro atoms. The number of nitrogens with one attached hydrogen (secondary N) is 1. The molecule has 0 radical (unpaired) electrons. The topological polar surface area (TPSA) is 76.4 Å². The van der Waals surface area contributed by atoms with Crippen LogP contribution in [0.3, 0.4) is 0 Å². The molecule has 0 rings (SSSR count). The van der Waals surface area contributed by atoms with Crippen molar-refractivity contribution < 1.29 is 9.59 Å². The molecule has 0 heterocycles. The van der Waals surface area contributed by atoms with Crippen molar-refractivity contribution in [2.75, 3.05) is 39.8 Å². The number of rotatable bonds is 8. The molecule has 0 saturated heterocycles. The first-order valence-electron chi connectivity index (χ1n) is 6.15. The molecule has 0 saturated carbocycles. The molecule has 102 valence electrons. The zero-order valence-electron chi connectivity index (χ0n) is 11.4. The average molecular weight is 254 g/mol. The predicted octanol–water partition coefficient (Wildman–Crippen LogP) is -0.184. The van der Waals surface area contributed by atoms with Crippen LogP contribution < -0.4 is 5.32 Å². The van der Waals surface area contributed by atoms with Gasteiger partial charge < -0.3 is 10.2 Å². The molecule has 6 heteroatoms. The minimum atomic E-state index is -0.0770. The molecule has 0 fully saturated rings. The van der Waals surface area contributed by atoms with Gasteiger partial charge in [0.2, 0.25) is 11.8 Å². The Morgan fingerprint density at radius 2 is 1.94 bits per heavy atom. The van der Waals surface area contributed by atoms with E-state index in [1.807, 2.05) is 19.9 Å². The van der Waals surface area contributed by atoms with Crippen molar-refractivity contribution in [2.24, 2.45) is 0 Å². The summed E-state index contributed by atoms with van der Waals surface area (Å²) in [4.78, 5) is 26.5. The number of amides is 2. The number of carbonyl (C=O) groups is 2. The van der Waals surface area contributed by atoms with E-state index in [2.05, 4.69) is 5.32 Å². The lowest BCUT2D eigenvalue weighted by molar-refractivity contribution is -0.131. The van der Waals surface area contributed by atoms with E-state index >= 15 is 0 Å². The molecule has 1 N–H and O–H groups in total. The fourth-order valence-corrected chi connectivity index (χ4v) is 1.39. The van der Waals surface area contributed by atoms with Crippen LogP contribution in [0.2, 0.25) is 0 Å². The summed E-state index contributed by atoms with van der Waals surface area (Å²) in [6.07, 6.45) is 0.324. The minimum absolute atomic E-state index is 0.0728. The number of nitrogens with zero attached hydrogens (tertiary/aromatic N) is 3. The quantitative estimate of drug-likeness (QED) is 0.651. The highest BCUT2D eigenvalue weighted by atomic mass is 16.2. The SMILES string of the molecule is CCNC(=O)CN(CC)CC(=O)N(C)CCC#N. The van der Waals surface area contributed by atoms with Crippen molar-refractivity contribution in [1.29, 1.82) is 5.26 Å². The highest BCUT2D eigenvalue weighted by Crippen LogP contribution is 1.94. The van der Waals surface area contributed by atoms with E-state index in [1.165, 1.54) is 4.90 Å². The van der Waals surface area contributed by atoms with Crippen LogP contribution in [0.1, 0.15) is 20.3 Å². The first-order chi connectivity index (χ1) is 8.54. The number of hydrogen-bond donors (Lipinski definition) is 1. The summed E-state index contributed by atoms with van der Waals surface area (Å²) in [5, 5.41) is 11.2. The average Bonchev–Trinajstić information content (AvgIpc) is 2.35. The molecule has 2 amide bonds. The normalized spacial score (nSPS) is 9.94. The van der Waals surface area contributed by atoms with Crippen molar-refractivity contribution >= 4 is 11.8 Å². The molecule has 0 aromatic rings. The lowest BCUT2D eigenvalue weighted by Crippen LogP contribution is -2.43. The molecule has 0 bridgehead atoms. The van der Waals surface area contributed by atoms with E-state index in [0.29, 0.717) is 26.1 Å². The summed E-state index contributed by atoms with van der Waals surface area (Å²) in [6, 6.07) is 2.00. The van der Waals surface area contributed by atoms with Gasteiger partial charge in [0.1, 0.15) is 0 Å². The van der Waals surface area contributed by atoms with Crippen LogP contribution in [0.4, 0.5) is 0 Å². The molecule has 18 heavy (non-hydrogen) atoms. The second-order valence-electron chi connectivity index (χ2n) is 3.98. The number of nitriles is 1. The van der Waals surface area contributed by atoms with Gasteiger partial charge in [-0.2, -0.15) is 5.26 Å². The van der Waals surface area contributed by atoms with Gasteiger partial charge in [0.05, 0.1) is 25.6 Å². The Morgan fingerprint density at radius 3 is 2.44 bits per heavy atom. The van der Waals surface area contributed by atoms with Crippen molar-refractivity contribution in [1.82, 2.24) is 15.1 Å². The van der Waals surface area contributed by atoms with Crippen LogP contribution in [0, 0.1) is 11.3 Å². The maximum Gasteiger partial charge on any atom is 0.236 e. The molecule has 0 aromatic carbocycles. The Hall–Kier alpha value is -1.61. The van der Waals surface area contributed by atoms with E-state index in [4.69, 9.17) is 5.26 Å². The molecular formula is C12H22N4O2. The Bertz CT molecular complexity index is 312. The van der Waals surface area contributed by atoms with E-state index in [0.717, 1.165) is 0 Å². The van der Waals surface area contributed by atoms with E-state index in [9.17, 15) is 9.59 Å². The van der Waals surface area contributed by atoms with Crippen LogP contribution >= 0.6 is 0 Å². The third kappa shape index (κ3) is 6.86. The maximum atomic E-state index is 11.8. The number of carbonyl (C=O) groups excluding carboxylic acids is 2. The highest BCUT2D eigenvalue weighted by molar-refractivity contribution is 5.81. The lowest BCUT2D eigenvalue weighted by atomic mass is 10.3. The molecular weight excluding hydrogens is 232 g/mol. The predicted molar refractivity (Wildman–Crippen MR) is 68.7 cm³/mol. The molecule has 0 aromatic heterocycles. The monoisotopic (exact) mass is 254 g/mol. The van der Waals surface area contributed by atoms with Gasteiger partial charge in [-0.05, 0) is 13.5 Å². The standard InChI is InChI=1S/C12H22N4O2/c1-4-14-11(17)9-16(5-2)10-12(18)15(3)8-6-7-13/h4-6,8-10H2,1-3H3,(H,14,17). The summed E-state index contributed by atoms with van der Waals surface area (Å²) in [5.41, 5.74) is 0. The van der Waals surface area contributed by atoms with E-state index < -0.39 is 0 Å². The maximum absolute atomic E-state index is 11.8. The van der Waals surface area contributed by atoms with Gasteiger partial charge in [-0.3, -0.25) is 14.5 Å². The Balaban J connectivity index is 4.15. The third-order valence-corrected chi connectivity index (χ3v) is 2.53. The summed E-state index contributed by atoms with van der Waals surface area (Å²) >= 11 is 0. The second-order valence-corrected chi connectivity index (χ2v) is 3.98. The van der Waals surface area contributed by atoms with Crippen LogP contribution in [0.5, 0.6) is 0 Å². The van der Waals surface area contributed by atoms with Crippen LogP contribution in [-0.2, 0) is 9.59 Å². The largest absolute Gasteiger partial charge is 0.355 e. The van der Waals surface area contributed by atoms with Gasteiger partial charge in [0.15, 0.2) is 0 Å². The van der Waals surface area contributed by atoms with Gasteiger partial charge in [-0.25, -0.2) is 0 Å². The zero-order valence-corrected chi connectivity index (χ0v) is 11.4. The summed E-state index contributed by atoms with van der Waals surface area (Å²) in [6.45, 7) is 5.84. The number of likely N-dealkylation sites (N-methyl/N-ethyl adjacent to an activating group) is 3. The summed E-state index contributed by atoms with van der Waals surface area (Å²) in [7, 11) is 1.67. The Morgan fingerprint density at radius 1 is 1.28 bits per heavy atom. The second kappa shape index (κ2) is 9.42. The fraction of sp³-hybridized carbons (Fsp3) is 0.750. The zero-order chi connectivity index (χ0) is 14.0. The Kier molecular flexibility index (Phi) is 8.58.